The van der Waals surface area contributed by atoms with Crippen LogP contribution in [0.1, 0.15) is 56.8 Å². The van der Waals surface area contributed by atoms with E-state index in [4.69, 9.17) is 23.2 Å². The molecule has 51 heavy (non-hydrogen) atoms. The fourth-order valence-electron chi connectivity index (χ4n) is 5.85. The molecule has 0 saturated heterocycles. The van der Waals surface area contributed by atoms with Crippen molar-refractivity contribution in [2.45, 2.75) is 42.2 Å². The molecular formula is C40H32Cl2N4O3S2. The highest BCUT2D eigenvalue weighted by Gasteiger charge is 2.28. The maximum atomic E-state index is 13.6. The number of rotatable bonds is 10. The smallest absolute Gasteiger partial charge is 0.272 e. The molecule has 256 valence electrons. The first-order chi connectivity index (χ1) is 24.7. The Labute approximate surface area is 314 Å². The minimum absolute atomic E-state index is 0.0409. The third-order valence-corrected chi connectivity index (χ3v) is 11.6. The second kappa shape index (κ2) is 16.4. The molecule has 2 unspecified atom stereocenters. The summed E-state index contributed by atoms with van der Waals surface area (Å²) in [6.45, 7) is 1.80. The lowest BCUT2D eigenvalue weighted by Crippen LogP contribution is -2.30. The van der Waals surface area contributed by atoms with Crippen molar-refractivity contribution in [3.63, 3.8) is 0 Å². The van der Waals surface area contributed by atoms with Gasteiger partial charge in [0.1, 0.15) is 16.8 Å². The van der Waals surface area contributed by atoms with Crippen molar-refractivity contribution in [3.05, 3.63) is 152 Å². The summed E-state index contributed by atoms with van der Waals surface area (Å²) in [7, 11) is 0. The average Bonchev–Trinajstić information content (AvgIpc) is 3.49. The van der Waals surface area contributed by atoms with Gasteiger partial charge in [-0.1, -0.05) is 89.9 Å². The zero-order valence-corrected chi connectivity index (χ0v) is 30.6. The maximum Gasteiger partial charge on any atom is 0.272 e. The van der Waals surface area contributed by atoms with Gasteiger partial charge in [0.25, 0.3) is 11.8 Å². The lowest BCUT2D eigenvalue weighted by atomic mass is 9.83. The van der Waals surface area contributed by atoms with Crippen LogP contribution < -0.4 is 16.0 Å². The number of fused-ring (bicyclic) bond motifs is 1. The second-order valence-electron chi connectivity index (χ2n) is 11.9. The monoisotopic (exact) mass is 750 g/mol. The molecule has 0 aliphatic heterocycles. The number of amides is 3. The summed E-state index contributed by atoms with van der Waals surface area (Å²) in [6, 6.07) is 33.4. The van der Waals surface area contributed by atoms with Gasteiger partial charge in [-0.15, -0.1) is 23.1 Å². The second-order valence-corrected chi connectivity index (χ2v) is 15.2. The van der Waals surface area contributed by atoms with Crippen LogP contribution in [0.15, 0.2) is 114 Å². The number of carbonyl (C=O) groups excluding carboxylic acids is 3. The van der Waals surface area contributed by atoms with Crippen molar-refractivity contribution in [1.82, 2.24) is 5.32 Å². The fourth-order valence-corrected chi connectivity index (χ4v) is 8.42. The normalized spacial score (nSPS) is 14.5. The van der Waals surface area contributed by atoms with Gasteiger partial charge in [-0.2, -0.15) is 5.26 Å². The van der Waals surface area contributed by atoms with E-state index in [1.165, 1.54) is 34.7 Å². The first kappa shape index (κ1) is 36.0. The highest BCUT2D eigenvalue weighted by atomic mass is 35.5. The molecule has 0 radical (unpaired) electrons. The van der Waals surface area contributed by atoms with Crippen LogP contribution in [-0.2, 0) is 22.4 Å². The van der Waals surface area contributed by atoms with Crippen LogP contribution in [0.5, 0.6) is 0 Å². The summed E-state index contributed by atoms with van der Waals surface area (Å²) >= 11 is 15.4. The number of hydrogen-bond acceptors (Lipinski definition) is 6. The Bertz CT molecular complexity index is 2160. The van der Waals surface area contributed by atoms with E-state index in [-0.39, 0.29) is 16.6 Å². The molecule has 0 bridgehead atoms. The van der Waals surface area contributed by atoms with Gasteiger partial charge in [0, 0.05) is 21.0 Å². The Morgan fingerprint density at radius 1 is 0.941 bits per heavy atom. The molecule has 1 heterocycles. The Balaban J connectivity index is 1.14. The van der Waals surface area contributed by atoms with Gasteiger partial charge in [0.15, 0.2) is 0 Å². The van der Waals surface area contributed by atoms with E-state index < -0.39 is 17.1 Å². The van der Waals surface area contributed by atoms with E-state index in [1.807, 2.05) is 24.3 Å². The molecule has 3 amide bonds. The Kier molecular flexibility index (Phi) is 11.6. The SMILES string of the molecule is CC(Sc1cccc(NC(=O)/C(=C\c2cccc(Cl)c2Cl)NC(=O)c2ccccc2)c1)C(=O)Nc1sc2c(c1C#N)CCC(c1ccccc1)C2. The van der Waals surface area contributed by atoms with E-state index in [0.717, 1.165) is 34.6 Å². The number of benzene rings is 4. The molecule has 3 N–H and O–H groups in total. The van der Waals surface area contributed by atoms with Crippen molar-refractivity contribution in [3.8, 4) is 6.07 Å². The number of carbonyl (C=O) groups is 3. The summed E-state index contributed by atoms with van der Waals surface area (Å²) in [6.07, 6.45) is 4.07. The number of thioether (sulfide) groups is 1. The number of halogens is 2. The van der Waals surface area contributed by atoms with Crippen molar-refractivity contribution < 1.29 is 14.4 Å². The standard InChI is InChI=1S/C40H32Cl2N4O3S2/c1-24(37(47)46-40-32(23-43)31-19-18-27(21-35(31)51-40)25-10-4-2-5-11-25)50-30-16-9-15-29(22-30)44-39(49)34(20-28-14-8-17-33(41)36(28)42)45-38(48)26-12-6-3-7-13-26/h2-17,20,22,24,27H,18-19,21H2,1H3,(H,44,49)(H,45,48)(H,46,47)/b34-20+. The Morgan fingerprint density at radius 2 is 1.67 bits per heavy atom. The summed E-state index contributed by atoms with van der Waals surface area (Å²) in [5, 5.41) is 19.2. The number of thiophene rings is 1. The molecule has 4 aromatic carbocycles. The molecule has 5 aromatic rings. The quantitative estimate of drug-likeness (QED) is 0.0973. The van der Waals surface area contributed by atoms with Gasteiger partial charge >= 0.3 is 0 Å². The van der Waals surface area contributed by atoms with Crippen LogP contribution in [0.4, 0.5) is 10.7 Å². The molecular weight excluding hydrogens is 720 g/mol. The number of anilines is 2. The summed E-state index contributed by atoms with van der Waals surface area (Å²) in [4.78, 5) is 41.9. The van der Waals surface area contributed by atoms with Crippen LogP contribution >= 0.6 is 46.3 Å². The van der Waals surface area contributed by atoms with E-state index in [0.29, 0.717) is 38.3 Å². The zero-order valence-electron chi connectivity index (χ0n) is 27.4. The predicted octanol–water partition coefficient (Wildman–Crippen LogP) is 9.73. The predicted molar refractivity (Wildman–Crippen MR) is 208 cm³/mol. The van der Waals surface area contributed by atoms with Crippen LogP contribution in [0.2, 0.25) is 10.0 Å². The van der Waals surface area contributed by atoms with Gasteiger partial charge < -0.3 is 16.0 Å². The highest BCUT2D eigenvalue weighted by molar-refractivity contribution is 8.00. The minimum Gasteiger partial charge on any atom is -0.321 e. The summed E-state index contributed by atoms with van der Waals surface area (Å²) in [5.41, 5.74) is 4.13. The van der Waals surface area contributed by atoms with Gasteiger partial charge in [-0.25, -0.2) is 0 Å². The Hall–Kier alpha value is -4.85. The molecule has 1 aliphatic carbocycles. The minimum atomic E-state index is -0.580. The molecule has 11 heteroatoms. The van der Waals surface area contributed by atoms with Crippen molar-refractivity contribution in [2.75, 3.05) is 10.6 Å². The van der Waals surface area contributed by atoms with Crippen LogP contribution in [0.3, 0.4) is 0 Å². The molecule has 7 nitrogen and oxygen atoms in total. The Morgan fingerprint density at radius 3 is 2.41 bits per heavy atom. The first-order valence-corrected chi connectivity index (χ1v) is 18.7. The largest absolute Gasteiger partial charge is 0.321 e. The molecule has 0 spiro atoms. The van der Waals surface area contributed by atoms with E-state index in [2.05, 4.69) is 34.2 Å². The molecule has 0 saturated carbocycles. The third-order valence-electron chi connectivity index (χ3n) is 8.47. The number of nitrogens with zero attached hydrogens (tertiary/aromatic N) is 1. The molecule has 2 atom stereocenters. The molecule has 0 fully saturated rings. The lowest BCUT2D eigenvalue weighted by Gasteiger charge is -2.22. The topological polar surface area (TPSA) is 111 Å². The van der Waals surface area contributed by atoms with Crippen LogP contribution in [0, 0.1) is 11.3 Å². The van der Waals surface area contributed by atoms with E-state index in [1.54, 1.807) is 73.7 Å². The summed E-state index contributed by atoms with van der Waals surface area (Å²) < 4.78 is 0. The highest BCUT2D eigenvalue weighted by Crippen LogP contribution is 2.42. The maximum absolute atomic E-state index is 13.6. The van der Waals surface area contributed by atoms with Gasteiger partial charge in [0.05, 0.1) is 20.9 Å². The van der Waals surface area contributed by atoms with Crippen molar-refractivity contribution in [2.24, 2.45) is 0 Å². The van der Waals surface area contributed by atoms with Crippen LogP contribution in [0.25, 0.3) is 6.08 Å². The van der Waals surface area contributed by atoms with Crippen molar-refractivity contribution >= 4 is 80.8 Å². The zero-order chi connectivity index (χ0) is 35.9. The third kappa shape index (κ3) is 8.73. The number of hydrogen-bond donors (Lipinski definition) is 3. The first-order valence-electron chi connectivity index (χ1n) is 16.2. The molecule has 1 aromatic heterocycles. The van der Waals surface area contributed by atoms with Crippen molar-refractivity contribution in [1.29, 1.82) is 5.26 Å². The fraction of sp³-hybridized carbons (Fsp3) is 0.150. The van der Waals surface area contributed by atoms with Crippen LogP contribution in [-0.4, -0.2) is 23.0 Å². The summed E-state index contributed by atoms with van der Waals surface area (Å²) in [5.74, 6) is -0.891. The molecule has 1 aliphatic rings. The average molecular weight is 752 g/mol. The van der Waals surface area contributed by atoms with Gasteiger partial charge in [-0.3, -0.25) is 14.4 Å². The number of nitrogens with one attached hydrogen (secondary N) is 3. The van der Waals surface area contributed by atoms with E-state index in [9.17, 15) is 19.6 Å². The van der Waals surface area contributed by atoms with Gasteiger partial charge in [0.2, 0.25) is 5.91 Å². The lowest BCUT2D eigenvalue weighted by molar-refractivity contribution is -0.115. The van der Waals surface area contributed by atoms with E-state index >= 15 is 0 Å². The number of nitriles is 1. The van der Waals surface area contributed by atoms with Gasteiger partial charge in [-0.05, 0) is 91.3 Å². The molecule has 6 rings (SSSR count).